The van der Waals surface area contributed by atoms with Gasteiger partial charge in [0.15, 0.2) is 0 Å². The van der Waals surface area contributed by atoms with Gasteiger partial charge in [-0.25, -0.2) is 0 Å². The summed E-state index contributed by atoms with van der Waals surface area (Å²) < 4.78 is 0. The fraction of sp³-hybridized carbons (Fsp3) is 0.577. The number of anilines is 1. The minimum Gasteiger partial charge on any atom is -0.381 e. The molecule has 0 amide bonds. The van der Waals surface area contributed by atoms with Crippen LogP contribution in [-0.4, -0.2) is 49.4 Å². The van der Waals surface area contributed by atoms with Crippen molar-refractivity contribution in [3.05, 3.63) is 41.5 Å². The van der Waals surface area contributed by atoms with E-state index < -0.39 is 0 Å². The zero-order valence-electron chi connectivity index (χ0n) is 20.2. The van der Waals surface area contributed by atoms with E-state index in [1.54, 1.807) is 0 Å². The van der Waals surface area contributed by atoms with Crippen LogP contribution in [0, 0.1) is 24.2 Å². The summed E-state index contributed by atoms with van der Waals surface area (Å²) in [5.41, 5.74) is 14.2. The maximum absolute atomic E-state index is 8.28. The van der Waals surface area contributed by atoms with E-state index in [0.717, 1.165) is 55.7 Å². The molecule has 1 aromatic rings. The van der Waals surface area contributed by atoms with Crippen molar-refractivity contribution >= 4 is 22.8 Å². The largest absolute Gasteiger partial charge is 0.381 e. The maximum Gasteiger partial charge on any atom is 0.0573 e. The topological polar surface area (TPSA) is 84.7 Å². The number of aliphatic imine (C=N–C) groups is 2. The van der Waals surface area contributed by atoms with Crippen molar-refractivity contribution in [3.63, 3.8) is 0 Å². The van der Waals surface area contributed by atoms with E-state index in [0.29, 0.717) is 30.6 Å². The van der Waals surface area contributed by atoms with E-state index in [9.17, 15) is 0 Å². The molecule has 0 fully saturated rings. The van der Waals surface area contributed by atoms with Crippen LogP contribution in [0.2, 0.25) is 0 Å². The van der Waals surface area contributed by atoms with Gasteiger partial charge in [-0.2, -0.15) is 0 Å². The third-order valence-electron chi connectivity index (χ3n) is 6.27. The smallest absolute Gasteiger partial charge is 0.0573 e. The summed E-state index contributed by atoms with van der Waals surface area (Å²) in [4.78, 5) is 9.28. The van der Waals surface area contributed by atoms with Gasteiger partial charge < -0.3 is 10.7 Å². The van der Waals surface area contributed by atoms with Gasteiger partial charge in [0.25, 0.3) is 0 Å². The van der Waals surface area contributed by atoms with Crippen LogP contribution in [-0.2, 0) is 0 Å². The van der Waals surface area contributed by atoms with Gasteiger partial charge in [-0.05, 0) is 60.4 Å². The van der Waals surface area contributed by atoms with Gasteiger partial charge in [0.05, 0.1) is 18.0 Å². The molecule has 0 bridgehead atoms. The summed E-state index contributed by atoms with van der Waals surface area (Å²) in [6, 6.07) is 6.85. The highest BCUT2D eigenvalue weighted by atomic mass is 15.4. The molecule has 0 radical (unpaired) electrons. The van der Waals surface area contributed by atoms with Crippen molar-refractivity contribution in [2.24, 2.45) is 21.8 Å². The quantitative estimate of drug-likeness (QED) is 0.220. The van der Waals surface area contributed by atoms with Crippen LogP contribution in [0.15, 0.2) is 40.3 Å². The van der Waals surface area contributed by atoms with E-state index in [4.69, 9.17) is 10.4 Å². The Bertz CT molecular complexity index is 884. The third kappa shape index (κ3) is 7.10. The van der Waals surface area contributed by atoms with Crippen molar-refractivity contribution in [1.82, 2.24) is 10.9 Å². The molecular formula is C26H40N6. The Kier molecular flexibility index (Phi) is 8.76. The summed E-state index contributed by atoms with van der Waals surface area (Å²) in [6.45, 7) is 16.0. The van der Waals surface area contributed by atoms with Gasteiger partial charge in [0.1, 0.15) is 0 Å². The fourth-order valence-electron chi connectivity index (χ4n) is 4.10. The average molecular weight is 437 g/mol. The number of rotatable bonds is 12. The molecule has 32 heavy (non-hydrogen) atoms. The first kappa shape index (κ1) is 24.3. The molecular weight excluding hydrogens is 396 g/mol. The van der Waals surface area contributed by atoms with Crippen LogP contribution >= 0.6 is 0 Å². The minimum atomic E-state index is 0.247. The predicted molar refractivity (Wildman–Crippen MR) is 138 cm³/mol. The van der Waals surface area contributed by atoms with E-state index in [-0.39, 0.29) is 6.04 Å². The number of nitrogens with zero attached hydrogens (tertiary/aromatic N) is 2. The molecule has 3 rings (SSSR count). The minimum absolute atomic E-state index is 0.247. The van der Waals surface area contributed by atoms with E-state index in [1.165, 1.54) is 16.8 Å². The highest BCUT2D eigenvalue weighted by Crippen LogP contribution is 2.22. The first-order valence-corrected chi connectivity index (χ1v) is 12.0. The van der Waals surface area contributed by atoms with E-state index in [2.05, 4.69) is 73.6 Å². The summed E-state index contributed by atoms with van der Waals surface area (Å²) in [5, 5.41) is 11.8. The highest BCUT2D eigenvalue weighted by Gasteiger charge is 2.22. The van der Waals surface area contributed by atoms with Crippen LogP contribution in [0.3, 0.4) is 0 Å². The average Bonchev–Trinajstić information content (AvgIpc) is 3.41. The fourth-order valence-corrected chi connectivity index (χ4v) is 4.10. The molecule has 174 valence electrons. The first-order valence-electron chi connectivity index (χ1n) is 12.0. The number of hydrazine groups is 1. The lowest BCUT2D eigenvalue weighted by Crippen LogP contribution is -2.43. The van der Waals surface area contributed by atoms with Crippen LogP contribution < -0.4 is 16.2 Å². The molecule has 2 aliphatic rings. The standard InChI is InChI=1S/C26H40N6/c1-6-17(2)9-24(27)26-12-23(16-30-26)32-31-15-20(5)14-28-22-8-18(3)7-21(11-22)25-10-19(4)13-29-25/h7-8,11,17,19,23,27-28,31-32H,5-6,9-10,12-16H2,1-4H3. The molecule has 0 aliphatic carbocycles. The molecule has 1 aromatic carbocycles. The molecule has 2 heterocycles. The van der Waals surface area contributed by atoms with Crippen LogP contribution in [0.25, 0.3) is 0 Å². The second-order valence-corrected chi connectivity index (χ2v) is 9.67. The number of nitrogens with one attached hydrogen (secondary N) is 4. The summed E-state index contributed by atoms with van der Waals surface area (Å²) in [7, 11) is 0. The van der Waals surface area contributed by atoms with Gasteiger partial charge in [-0.15, -0.1) is 0 Å². The molecule has 4 N–H and O–H groups in total. The second-order valence-electron chi connectivity index (χ2n) is 9.67. The number of hydrogen-bond donors (Lipinski definition) is 4. The van der Waals surface area contributed by atoms with E-state index in [1.807, 2.05) is 0 Å². The molecule has 2 aliphatic heterocycles. The summed E-state index contributed by atoms with van der Waals surface area (Å²) in [6.07, 6.45) is 3.81. The van der Waals surface area contributed by atoms with E-state index >= 15 is 0 Å². The van der Waals surface area contributed by atoms with Gasteiger partial charge in [-0.3, -0.25) is 20.8 Å². The Morgan fingerprint density at radius 3 is 2.72 bits per heavy atom. The number of hydrogen-bond acceptors (Lipinski definition) is 6. The molecule has 3 atom stereocenters. The van der Waals surface area contributed by atoms with Crippen molar-refractivity contribution in [2.45, 2.75) is 59.4 Å². The van der Waals surface area contributed by atoms with Crippen molar-refractivity contribution in [2.75, 3.05) is 31.5 Å². The Morgan fingerprint density at radius 1 is 1.19 bits per heavy atom. The Hall–Kier alpha value is -2.31. The molecule has 0 spiro atoms. The zero-order chi connectivity index (χ0) is 23.1. The molecule has 3 unspecified atom stereocenters. The third-order valence-corrected chi connectivity index (χ3v) is 6.27. The number of benzene rings is 1. The molecule has 6 heteroatoms. The Labute approximate surface area is 193 Å². The van der Waals surface area contributed by atoms with Gasteiger partial charge in [-0.1, -0.05) is 39.8 Å². The van der Waals surface area contributed by atoms with Crippen molar-refractivity contribution in [3.8, 4) is 0 Å². The molecule has 6 nitrogen and oxygen atoms in total. The van der Waals surface area contributed by atoms with Crippen LogP contribution in [0.5, 0.6) is 0 Å². The van der Waals surface area contributed by atoms with Crippen LogP contribution in [0.4, 0.5) is 5.69 Å². The maximum atomic E-state index is 8.28. The van der Waals surface area contributed by atoms with Crippen molar-refractivity contribution in [1.29, 1.82) is 5.41 Å². The van der Waals surface area contributed by atoms with Gasteiger partial charge >= 0.3 is 0 Å². The highest BCUT2D eigenvalue weighted by molar-refractivity contribution is 6.41. The predicted octanol–water partition coefficient (Wildman–Crippen LogP) is 4.56. The zero-order valence-corrected chi connectivity index (χ0v) is 20.2. The van der Waals surface area contributed by atoms with Crippen LogP contribution in [0.1, 0.15) is 57.6 Å². The SMILES string of the molecule is C=C(CNNC1CN=C(C(=N)CC(C)CC)C1)CNc1cc(C)cc(C2=NCC(C)C2)c1. The molecule has 0 aromatic heterocycles. The Morgan fingerprint density at radius 2 is 2.00 bits per heavy atom. The monoisotopic (exact) mass is 436 g/mol. The first-order chi connectivity index (χ1) is 15.3. The lowest BCUT2D eigenvalue weighted by Gasteiger charge is -2.16. The molecule has 0 saturated heterocycles. The molecule has 0 saturated carbocycles. The van der Waals surface area contributed by atoms with Gasteiger partial charge in [0.2, 0.25) is 0 Å². The normalized spacial score (nSPS) is 21.2. The summed E-state index contributed by atoms with van der Waals surface area (Å²) in [5.74, 6) is 1.19. The summed E-state index contributed by atoms with van der Waals surface area (Å²) >= 11 is 0. The second kappa shape index (κ2) is 11.5. The van der Waals surface area contributed by atoms with Gasteiger partial charge in [0, 0.05) is 43.5 Å². The van der Waals surface area contributed by atoms with Crippen molar-refractivity contribution < 1.29 is 0 Å². The Balaban J connectivity index is 1.37. The lowest BCUT2D eigenvalue weighted by atomic mass is 9.97. The number of aryl methyl sites for hydroxylation is 1. The lowest BCUT2D eigenvalue weighted by molar-refractivity contribution is 0.470.